The van der Waals surface area contributed by atoms with Gasteiger partial charge in [-0.2, -0.15) is 0 Å². The molecule has 2 heterocycles. The molecule has 8 nitrogen and oxygen atoms in total. The molecule has 0 saturated heterocycles. The Morgan fingerprint density at radius 3 is 2.54 bits per heavy atom. The number of nitrogens with zero attached hydrogens (tertiary/aromatic N) is 3. The highest BCUT2D eigenvalue weighted by Crippen LogP contribution is 2.17. The zero-order valence-corrected chi connectivity index (χ0v) is 15.3. The summed E-state index contributed by atoms with van der Waals surface area (Å²) in [5, 5.41) is 5.76. The van der Waals surface area contributed by atoms with E-state index in [4.69, 9.17) is 4.74 Å². The van der Waals surface area contributed by atoms with Crippen LogP contribution < -0.4 is 10.6 Å². The molecule has 142 valence electrons. The minimum absolute atomic E-state index is 0.127. The van der Waals surface area contributed by atoms with Gasteiger partial charge < -0.3 is 15.4 Å². The molecule has 0 fully saturated rings. The summed E-state index contributed by atoms with van der Waals surface area (Å²) in [5.74, 6) is -0.451. The molecule has 28 heavy (non-hydrogen) atoms. The first-order chi connectivity index (χ1) is 13.7. The molecule has 1 amide bonds. The molecule has 0 spiro atoms. The van der Waals surface area contributed by atoms with Crippen LogP contribution in [-0.4, -0.2) is 33.4 Å². The zero-order chi connectivity index (χ0) is 19.8. The summed E-state index contributed by atoms with van der Waals surface area (Å²) in [6.07, 6.45) is 4.54. The maximum Gasteiger partial charge on any atom is 0.340 e. The molecule has 1 aromatic carbocycles. The molecule has 3 rings (SSSR count). The lowest BCUT2D eigenvalue weighted by molar-refractivity contribution is 0.0527. The smallest absolute Gasteiger partial charge is 0.340 e. The SMILES string of the molecule is CCOC(=O)c1ccccc1NC(=O)c1cnc(NCc2ccccn2)cn1. The lowest BCUT2D eigenvalue weighted by Gasteiger charge is -2.10. The van der Waals surface area contributed by atoms with Gasteiger partial charge in [0.2, 0.25) is 0 Å². The number of anilines is 2. The van der Waals surface area contributed by atoms with Crippen molar-refractivity contribution in [3.63, 3.8) is 0 Å². The highest BCUT2D eigenvalue weighted by atomic mass is 16.5. The van der Waals surface area contributed by atoms with Crippen molar-refractivity contribution in [1.29, 1.82) is 0 Å². The lowest BCUT2D eigenvalue weighted by atomic mass is 10.1. The van der Waals surface area contributed by atoms with Gasteiger partial charge in [-0.3, -0.25) is 9.78 Å². The highest BCUT2D eigenvalue weighted by Gasteiger charge is 2.15. The number of ether oxygens (including phenoxy) is 1. The van der Waals surface area contributed by atoms with Gasteiger partial charge in [0.05, 0.1) is 42.5 Å². The minimum atomic E-state index is -0.501. The Hall–Kier alpha value is -3.81. The summed E-state index contributed by atoms with van der Waals surface area (Å²) in [5.41, 5.74) is 1.62. The van der Waals surface area contributed by atoms with Crippen molar-refractivity contribution in [1.82, 2.24) is 15.0 Å². The number of amides is 1. The third-order valence-corrected chi connectivity index (χ3v) is 3.73. The first-order valence-corrected chi connectivity index (χ1v) is 8.70. The van der Waals surface area contributed by atoms with Gasteiger partial charge in [-0.15, -0.1) is 0 Å². The molecule has 0 unspecified atom stereocenters. The molecule has 8 heteroatoms. The number of nitrogens with one attached hydrogen (secondary N) is 2. The molecule has 0 bridgehead atoms. The van der Waals surface area contributed by atoms with Gasteiger partial charge in [-0.1, -0.05) is 18.2 Å². The van der Waals surface area contributed by atoms with Gasteiger partial charge in [0, 0.05) is 6.20 Å². The first kappa shape index (κ1) is 19.0. The van der Waals surface area contributed by atoms with Crippen LogP contribution in [0.5, 0.6) is 0 Å². The second kappa shape index (κ2) is 9.22. The number of hydrogen-bond acceptors (Lipinski definition) is 7. The Balaban J connectivity index is 1.65. The van der Waals surface area contributed by atoms with Crippen LogP contribution in [-0.2, 0) is 11.3 Å². The third kappa shape index (κ3) is 4.88. The molecule has 0 aliphatic heterocycles. The minimum Gasteiger partial charge on any atom is -0.462 e. The van der Waals surface area contributed by atoms with Crippen LogP contribution in [0, 0.1) is 0 Å². The summed E-state index contributed by atoms with van der Waals surface area (Å²) < 4.78 is 5.00. The molecule has 0 aliphatic carbocycles. The van der Waals surface area contributed by atoms with Crippen LogP contribution in [0.3, 0.4) is 0 Å². The Labute approximate surface area is 162 Å². The fourth-order valence-electron chi connectivity index (χ4n) is 2.39. The van der Waals surface area contributed by atoms with Crippen LogP contribution in [0.15, 0.2) is 61.1 Å². The molecule has 2 aromatic heterocycles. The van der Waals surface area contributed by atoms with E-state index in [0.29, 0.717) is 18.1 Å². The number of benzene rings is 1. The van der Waals surface area contributed by atoms with Crippen molar-refractivity contribution in [3.05, 3.63) is 78.0 Å². The van der Waals surface area contributed by atoms with Gasteiger partial charge in [0.15, 0.2) is 0 Å². The quantitative estimate of drug-likeness (QED) is 0.610. The number of pyridine rings is 1. The van der Waals surface area contributed by atoms with Crippen molar-refractivity contribution in [2.75, 3.05) is 17.2 Å². The fraction of sp³-hybridized carbons (Fsp3) is 0.150. The first-order valence-electron chi connectivity index (χ1n) is 8.70. The van der Waals surface area contributed by atoms with Crippen LogP contribution in [0.4, 0.5) is 11.5 Å². The number of rotatable bonds is 7. The number of esters is 1. The summed E-state index contributed by atoms with van der Waals surface area (Å²) in [6.45, 7) is 2.46. The third-order valence-electron chi connectivity index (χ3n) is 3.73. The van der Waals surface area contributed by atoms with E-state index < -0.39 is 11.9 Å². The van der Waals surface area contributed by atoms with Gasteiger partial charge in [-0.05, 0) is 31.2 Å². The number of aromatic nitrogens is 3. The second-order valence-electron chi connectivity index (χ2n) is 5.68. The molecule has 0 saturated carbocycles. The monoisotopic (exact) mass is 377 g/mol. The summed E-state index contributed by atoms with van der Waals surface area (Å²) in [7, 11) is 0. The second-order valence-corrected chi connectivity index (χ2v) is 5.68. The predicted octanol–water partition coefficient (Wildman–Crippen LogP) is 2.91. The van der Waals surface area contributed by atoms with E-state index in [1.54, 1.807) is 37.4 Å². The van der Waals surface area contributed by atoms with Crippen molar-refractivity contribution in [2.24, 2.45) is 0 Å². The molecule has 0 aliphatic rings. The van der Waals surface area contributed by atoms with Crippen LogP contribution in [0.2, 0.25) is 0 Å². The molecule has 0 atom stereocenters. The standard InChI is InChI=1S/C20H19N5O3/c1-2-28-20(27)15-8-3-4-9-16(15)25-19(26)17-12-24-18(13-22-17)23-11-14-7-5-6-10-21-14/h3-10,12-13H,2,11H2,1H3,(H,23,24)(H,25,26). The van der Waals surface area contributed by atoms with E-state index in [-0.39, 0.29) is 17.9 Å². The molecular weight excluding hydrogens is 358 g/mol. The van der Waals surface area contributed by atoms with Gasteiger partial charge in [-0.25, -0.2) is 14.8 Å². The summed E-state index contributed by atoms with van der Waals surface area (Å²) in [6, 6.07) is 12.3. The molecule has 0 radical (unpaired) electrons. The normalized spacial score (nSPS) is 10.2. The van der Waals surface area contributed by atoms with E-state index >= 15 is 0 Å². The number of hydrogen-bond donors (Lipinski definition) is 2. The van der Waals surface area contributed by atoms with E-state index in [1.807, 2.05) is 18.2 Å². The van der Waals surface area contributed by atoms with Gasteiger partial charge >= 0.3 is 5.97 Å². The predicted molar refractivity (Wildman–Crippen MR) is 104 cm³/mol. The topological polar surface area (TPSA) is 106 Å². The van der Waals surface area contributed by atoms with Gasteiger partial charge in [0.1, 0.15) is 11.5 Å². The Morgan fingerprint density at radius 1 is 1.00 bits per heavy atom. The van der Waals surface area contributed by atoms with Crippen molar-refractivity contribution in [3.8, 4) is 0 Å². The maximum absolute atomic E-state index is 12.4. The average molecular weight is 377 g/mol. The van der Waals surface area contributed by atoms with Crippen LogP contribution in [0.25, 0.3) is 0 Å². The number of carbonyl (C=O) groups excluding carboxylic acids is 2. The van der Waals surface area contributed by atoms with Crippen molar-refractivity contribution < 1.29 is 14.3 Å². The Morgan fingerprint density at radius 2 is 1.82 bits per heavy atom. The van der Waals surface area contributed by atoms with Crippen LogP contribution >= 0.6 is 0 Å². The number of para-hydroxylation sites is 1. The van der Waals surface area contributed by atoms with Crippen molar-refractivity contribution >= 4 is 23.4 Å². The lowest BCUT2D eigenvalue weighted by Crippen LogP contribution is -2.17. The summed E-state index contributed by atoms with van der Waals surface area (Å²) in [4.78, 5) is 37.0. The average Bonchev–Trinajstić information content (AvgIpc) is 2.74. The molecular formula is C20H19N5O3. The van der Waals surface area contributed by atoms with Gasteiger partial charge in [0.25, 0.3) is 5.91 Å². The van der Waals surface area contributed by atoms with E-state index in [1.165, 1.54) is 12.4 Å². The Bertz CT molecular complexity index is 946. The fourth-order valence-corrected chi connectivity index (χ4v) is 2.39. The Kier molecular flexibility index (Phi) is 6.25. The molecule has 2 N–H and O–H groups in total. The zero-order valence-electron chi connectivity index (χ0n) is 15.3. The summed E-state index contributed by atoms with van der Waals surface area (Å²) >= 11 is 0. The van der Waals surface area contributed by atoms with E-state index in [0.717, 1.165) is 5.69 Å². The largest absolute Gasteiger partial charge is 0.462 e. The number of carbonyl (C=O) groups is 2. The van der Waals surface area contributed by atoms with Crippen molar-refractivity contribution in [2.45, 2.75) is 13.5 Å². The highest BCUT2D eigenvalue weighted by molar-refractivity contribution is 6.06. The van der Waals surface area contributed by atoms with E-state index in [2.05, 4.69) is 25.6 Å². The van der Waals surface area contributed by atoms with Crippen LogP contribution in [0.1, 0.15) is 33.5 Å². The molecule has 3 aromatic rings. The van der Waals surface area contributed by atoms with E-state index in [9.17, 15) is 9.59 Å². The maximum atomic E-state index is 12.4.